The molecular weight excluding hydrogens is 281 g/mol. The fourth-order valence-electron chi connectivity index (χ4n) is 2.69. The van der Waals surface area contributed by atoms with Gasteiger partial charge in [0.15, 0.2) is 17.5 Å². The summed E-state index contributed by atoms with van der Waals surface area (Å²) in [5.74, 6) is 0.618. The van der Waals surface area contributed by atoms with Gasteiger partial charge in [-0.1, -0.05) is 24.3 Å². The van der Waals surface area contributed by atoms with Crippen molar-refractivity contribution in [2.75, 3.05) is 25.1 Å². The zero-order valence-electron chi connectivity index (χ0n) is 12.9. The maximum absolute atomic E-state index is 14.0. The van der Waals surface area contributed by atoms with E-state index in [1.54, 1.807) is 7.11 Å². The average molecular weight is 301 g/mol. The molecule has 4 nitrogen and oxygen atoms in total. The summed E-state index contributed by atoms with van der Waals surface area (Å²) in [5, 5.41) is 0. The molecule has 1 fully saturated rings. The minimum atomic E-state index is -0.352. The molecule has 1 saturated heterocycles. The molecule has 0 amide bonds. The molecule has 22 heavy (non-hydrogen) atoms. The molecule has 0 aliphatic carbocycles. The van der Waals surface area contributed by atoms with Crippen molar-refractivity contribution < 1.29 is 9.13 Å². The van der Waals surface area contributed by atoms with E-state index >= 15 is 0 Å². The van der Waals surface area contributed by atoms with Crippen molar-refractivity contribution in [2.24, 2.45) is 0 Å². The third-order valence-electron chi connectivity index (χ3n) is 4.12. The first-order valence-electron chi connectivity index (χ1n) is 7.59. The van der Waals surface area contributed by atoms with Gasteiger partial charge in [-0.25, -0.2) is 14.4 Å². The standard InChI is InChI=1S/C17H20FN3O/c1-12(22-2)13-5-7-14(8-6-13)16-19-11-15(18)17(20-16)21-9-3-4-10-21/h5-8,11-12H,3-4,9-10H2,1-2H3. The molecule has 1 unspecified atom stereocenters. The first-order chi connectivity index (χ1) is 10.7. The Hall–Kier alpha value is -2.01. The molecule has 1 aliphatic heterocycles. The molecule has 1 aliphatic rings. The van der Waals surface area contributed by atoms with Crippen LogP contribution < -0.4 is 4.90 Å². The topological polar surface area (TPSA) is 38.2 Å². The van der Waals surface area contributed by atoms with Crippen molar-refractivity contribution in [3.63, 3.8) is 0 Å². The van der Waals surface area contributed by atoms with Crippen molar-refractivity contribution >= 4 is 5.82 Å². The highest BCUT2D eigenvalue weighted by Gasteiger charge is 2.19. The van der Waals surface area contributed by atoms with Gasteiger partial charge in [0.05, 0.1) is 12.3 Å². The van der Waals surface area contributed by atoms with E-state index in [4.69, 9.17) is 4.74 Å². The van der Waals surface area contributed by atoms with Crippen molar-refractivity contribution in [1.29, 1.82) is 0 Å². The summed E-state index contributed by atoms with van der Waals surface area (Å²) in [4.78, 5) is 10.5. The number of ether oxygens (including phenoxy) is 1. The highest BCUT2D eigenvalue weighted by atomic mass is 19.1. The van der Waals surface area contributed by atoms with Gasteiger partial charge in [0.2, 0.25) is 0 Å². The number of halogens is 1. The molecule has 1 aromatic carbocycles. The zero-order chi connectivity index (χ0) is 15.5. The summed E-state index contributed by atoms with van der Waals surface area (Å²) in [6.07, 6.45) is 3.48. The van der Waals surface area contributed by atoms with E-state index in [0.717, 1.165) is 37.1 Å². The van der Waals surface area contributed by atoms with Gasteiger partial charge in [-0.3, -0.25) is 0 Å². The Kier molecular flexibility index (Phi) is 4.34. The number of benzene rings is 1. The van der Waals surface area contributed by atoms with Crippen molar-refractivity contribution in [3.8, 4) is 11.4 Å². The van der Waals surface area contributed by atoms with Gasteiger partial charge in [-0.15, -0.1) is 0 Å². The van der Waals surface area contributed by atoms with Gasteiger partial charge >= 0.3 is 0 Å². The smallest absolute Gasteiger partial charge is 0.183 e. The maximum atomic E-state index is 14.0. The lowest BCUT2D eigenvalue weighted by Gasteiger charge is -2.17. The van der Waals surface area contributed by atoms with E-state index in [-0.39, 0.29) is 11.9 Å². The summed E-state index contributed by atoms with van der Waals surface area (Å²) >= 11 is 0. The van der Waals surface area contributed by atoms with E-state index in [2.05, 4.69) is 9.97 Å². The van der Waals surface area contributed by atoms with E-state index < -0.39 is 0 Å². The van der Waals surface area contributed by atoms with Crippen LogP contribution in [0.1, 0.15) is 31.4 Å². The van der Waals surface area contributed by atoms with Gasteiger partial charge in [0, 0.05) is 25.8 Å². The van der Waals surface area contributed by atoms with Gasteiger partial charge < -0.3 is 9.64 Å². The molecule has 2 heterocycles. The fourth-order valence-corrected chi connectivity index (χ4v) is 2.69. The van der Waals surface area contributed by atoms with Crippen LogP contribution in [0.2, 0.25) is 0 Å². The molecule has 0 saturated carbocycles. The molecule has 1 aromatic heterocycles. The Morgan fingerprint density at radius 1 is 1.18 bits per heavy atom. The van der Waals surface area contributed by atoms with Crippen LogP contribution in [-0.2, 0) is 4.74 Å². The summed E-state index contributed by atoms with van der Waals surface area (Å²) in [6.45, 7) is 3.71. The van der Waals surface area contributed by atoms with Crippen LogP contribution in [0, 0.1) is 5.82 Å². The quantitative estimate of drug-likeness (QED) is 0.865. The predicted molar refractivity (Wildman–Crippen MR) is 84.3 cm³/mol. The van der Waals surface area contributed by atoms with Gasteiger partial charge in [-0.2, -0.15) is 0 Å². The summed E-state index contributed by atoms with van der Waals surface area (Å²) in [7, 11) is 1.68. The van der Waals surface area contributed by atoms with E-state index in [1.165, 1.54) is 6.20 Å². The number of hydrogen-bond acceptors (Lipinski definition) is 4. The first kappa shape index (κ1) is 14.9. The highest BCUT2D eigenvalue weighted by molar-refractivity contribution is 5.58. The van der Waals surface area contributed by atoms with Crippen molar-refractivity contribution in [3.05, 3.63) is 41.8 Å². The second-order valence-corrected chi connectivity index (χ2v) is 5.56. The minimum Gasteiger partial charge on any atom is -0.377 e. The molecule has 3 rings (SSSR count). The Morgan fingerprint density at radius 2 is 1.86 bits per heavy atom. The fraction of sp³-hybridized carbons (Fsp3) is 0.412. The monoisotopic (exact) mass is 301 g/mol. The Bertz CT molecular complexity index is 639. The third-order valence-corrected chi connectivity index (χ3v) is 4.12. The number of nitrogens with zero attached hydrogens (tertiary/aromatic N) is 3. The zero-order valence-corrected chi connectivity index (χ0v) is 12.9. The lowest BCUT2D eigenvalue weighted by molar-refractivity contribution is 0.119. The number of aromatic nitrogens is 2. The summed E-state index contributed by atoms with van der Waals surface area (Å²) in [5.41, 5.74) is 1.97. The number of hydrogen-bond donors (Lipinski definition) is 0. The maximum Gasteiger partial charge on any atom is 0.183 e. The molecule has 0 N–H and O–H groups in total. The van der Waals surface area contributed by atoms with Gasteiger partial charge in [0.25, 0.3) is 0 Å². The van der Waals surface area contributed by atoms with E-state index in [0.29, 0.717) is 11.6 Å². The van der Waals surface area contributed by atoms with Crippen LogP contribution >= 0.6 is 0 Å². The van der Waals surface area contributed by atoms with Crippen LogP contribution in [0.3, 0.4) is 0 Å². The van der Waals surface area contributed by atoms with Crippen molar-refractivity contribution in [2.45, 2.75) is 25.9 Å². The number of anilines is 1. The second-order valence-electron chi connectivity index (χ2n) is 5.56. The van der Waals surface area contributed by atoms with Crippen LogP contribution in [0.4, 0.5) is 10.2 Å². The molecular formula is C17H20FN3O. The Morgan fingerprint density at radius 3 is 2.50 bits per heavy atom. The normalized spacial score (nSPS) is 16.0. The van der Waals surface area contributed by atoms with Gasteiger partial charge in [-0.05, 0) is 25.3 Å². The third kappa shape index (κ3) is 2.95. The largest absolute Gasteiger partial charge is 0.377 e. The number of methoxy groups -OCH3 is 1. The number of rotatable bonds is 4. The molecule has 0 radical (unpaired) electrons. The predicted octanol–water partition coefficient (Wildman–Crippen LogP) is 3.59. The highest BCUT2D eigenvalue weighted by Crippen LogP contribution is 2.25. The van der Waals surface area contributed by atoms with Crippen LogP contribution in [0.25, 0.3) is 11.4 Å². The minimum absolute atomic E-state index is 0.0448. The van der Waals surface area contributed by atoms with Crippen LogP contribution in [-0.4, -0.2) is 30.2 Å². The Balaban J connectivity index is 1.89. The average Bonchev–Trinajstić information content (AvgIpc) is 3.09. The summed E-state index contributed by atoms with van der Waals surface area (Å²) in [6, 6.07) is 7.88. The van der Waals surface area contributed by atoms with E-state index in [9.17, 15) is 4.39 Å². The summed E-state index contributed by atoms with van der Waals surface area (Å²) < 4.78 is 19.3. The molecule has 116 valence electrons. The van der Waals surface area contributed by atoms with Crippen LogP contribution in [0.5, 0.6) is 0 Å². The Labute approximate surface area is 130 Å². The molecule has 0 bridgehead atoms. The molecule has 1 atom stereocenters. The van der Waals surface area contributed by atoms with Gasteiger partial charge in [0.1, 0.15) is 0 Å². The lowest BCUT2D eigenvalue weighted by atomic mass is 10.1. The molecule has 0 spiro atoms. The lowest BCUT2D eigenvalue weighted by Crippen LogP contribution is -2.21. The van der Waals surface area contributed by atoms with Crippen LogP contribution in [0.15, 0.2) is 30.5 Å². The van der Waals surface area contributed by atoms with Crippen molar-refractivity contribution in [1.82, 2.24) is 9.97 Å². The first-order valence-corrected chi connectivity index (χ1v) is 7.59. The van der Waals surface area contributed by atoms with E-state index in [1.807, 2.05) is 36.1 Å². The molecule has 2 aromatic rings. The SMILES string of the molecule is COC(C)c1ccc(-c2ncc(F)c(N3CCCC3)n2)cc1. The molecule has 5 heteroatoms. The second kappa shape index (κ2) is 6.40.